The summed E-state index contributed by atoms with van der Waals surface area (Å²) >= 11 is 0. The smallest absolute Gasteiger partial charge is 0.306 e. The van der Waals surface area contributed by atoms with Gasteiger partial charge in [-0.2, -0.15) is 0 Å². The summed E-state index contributed by atoms with van der Waals surface area (Å²) in [6, 6.07) is 0.278. The fourth-order valence-electron chi connectivity index (χ4n) is 10.8. The van der Waals surface area contributed by atoms with Gasteiger partial charge in [-0.15, -0.1) is 0 Å². The number of amides is 1. The van der Waals surface area contributed by atoms with Crippen molar-refractivity contribution in [1.82, 2.24) is 10.2 Å². The van der Waals surface area contributed by atoms with E-state index >= 15 is 0 Å². The first-order valence-corrected chi connectivity index (χ1v) is 21.2. The van der Waals surface area contributed by atoms with E-state index < -0.39 is 0 Å². The lowest BCUT2D eigenvalue weighted by Crippen LogP contribution is -2.50. The molecule has 7 nitrogen and oxygen atoms in total. The van der Waals surface area contributed by atoms with Crippen molar-refractivity contribution >= 4 is 11.9 Å². The van der Waals surface area contributed by atoms with Gasteiger partial charge in [0.2, 0.25) is 5.91 Å². The molecule has 9 atom stereocenters. The van der Waals surface area contributed by atoms with Crippen LogP contribution in [0.5, 0.6) is 0 Å². The number of fused-ring (bicyclic) bond motifs is 5. The summed E-state index contributed by atoms with van der Waals surface area (Å²) in [7, 11) is 0. The maximum atomic E-state index is 13.2. The molecule has 0 bridgehead atoms. The number of unbranched alkanes of at least 4 members (excludes halogenated alkanes) is 2. The summed E-state index contributed by atoms with van der Waals surface area (Å²) in [5.41, 5.74) is 14.2. The average Bonchev–Trinajstić information content (AvgIpc) is 3.39. The van der Waals surface area contributed by atoms with Gasteiger partial charge in [-0.3, -0.25) is 9.59 Å². The van der Waals surface area contributed by atoms with Crippen molar-refractivity contribution in [2.45, 2.75) is 182 Å². The van der Waals surface area contributed by atoms with Crippen LogP contribution in [0, 0.1) is 40.4 Å². The number of nitrogens with two attached hydrogens (primary N) is 2. The van der Waals surface area contributed by atoms with Crippen molar-refractivity contribution < 1.29 is 14.3 Å². The molecule has 0 saturated heterocycles. The summed E-state index contributed by atoms with van der Waals surface area (Å²) in [6.07, 6.45) is 23.1. The van der Waals surface area contributed by atoms with Gasteiger partial charge >= 0.3 is 5.97 Å². The van der Waals surface area contributed by atoms with Gasteiger partial charge in [-0.25, -0.2) is 0 Å². The Balaban J connectivity index is 1.20. The van der Waals surface area contributed by atoms with Crippen molar-refractivity contribution in [2.24, 2.45) is 51.9 Å². The molecule has 0 aliphatic heterocycles. The van der Waals surface area contributed by atoms with Gasteiger partial charge in [-0.05, 0) is 151 Å². The Labute approximate surface area is 307 Å². The van der Waals surface area contributed by atoms with E-state index in [1.165, 1.54) is 57.8 Å². The fraction of sp³-hybridized carbons (Fsp3) is 0.907. The first kappa shape index (κ1) is 41.3. The third kappa shape index (κ3) is 11.3. The van der Waals surface area contributed by atoms with E-state index in [0.29, 0.717) is 31.2 Å². The summed E-state index contributed by atoms with van der Waals surface area (Å²) in [6.45, 7) is 17.2. The van der Waals surface area contributed by atoms with E-state index in [1.54, 1.807) is 5.57 Å². The van der Waals surface area contributed by atoms with Crippen LogP contribution < -0.4 is 16.8 Å². The zero-order valence-electron chi connectivity index (χ0n) is 33.3. The number of nitrogens with one attached hydrogen (secondary N) is 1. The maximum Gasteiger partial charge on any atom is 0.306 e. The van der Waals surface area contributed by atoms with Gasteiger partial charge in [0.1, 0.15) is 6.10 Å². The topological polar surface area (TPSA) is 111 Å². The van der Waals surface area contributed by atoms with Crippen LogP contribution in [0.1, 0.15) is 164 Å². The molecule has 5 N–H and O–H groups in total. The van der Waals surface area contributed by atoms with Gasteiger partial charge in [0.05, 0.1) is 0 Å². The van der Waals surface area contributed by atoms with Crippen molar-refractivity contribution in [2.75, 3.05) is 26.2 Å². The number of hydrogen-bond donors (Lipinski definition) is 3. The van der Waals surface area contributed by atoms with Gasteiger partial charge in [0.25, 0.3) is 0 Å². The Morgan fingerprint density at radius 2 is 1.64 bits per heavy atom. The second kappa shape index (κ2) is 19.6. The van der Waals surface area contributed by atoms with Gasteiger partial charge in [-0.1, -0.05) is 58.6 Å². The molecule has 288 valence electrons. The van der Waals surface area contributed by atoms with Crippen molar-refractivity contribution in [1.29, 1.82) is 0 Å². The SMILES string of the molecule is CC(C)CCCCC1CCC2C3CC=C4CC(OC(=O)CCCC(=O)N(CCCCNCCC(C)N)CCC(C)N)CCC4(C)C3CCC12C. The zero-order valence-corrected chi connectivity index (χ0v) is 33.3. The Hall–Kier alpha value is -1.44. The van der Waals surface area contributed by atoms with Crippen LogP contribution in [-0.2, 0) is 14.3 Å². The molecule has 0 aromatic heterocycles. The van der Waals surface area contributed by atoms with E-state index in [-0.39, 0.29) is 35.5 Å². The first-order chi connectivity index (χ1) is 23.8. The third-order valence-electron chi connectivity index (χ3n) is 13.9. The molecule has 1 amide bonds. The Kier molecular flexibility index (Phi) is 16.2. The zero-order chi connectivity index (χ0) is 36.3. The summed E-state index contributed by atoms with van der Waals surface area (Å²) in [5, 5.41) is 3.44. The number of rotatable bonds is 21. The van der Waals surface area contributed by atoms with Crippen molar-refractivity contribution in [3.05, 3.63) is 11.6 Å². The molecular formula is C43H78N4O3. The van der Waals surface area contributed by atoms with E-state index in [4.69, 9.17) is 16.2 Å². The number of carbonyl (C=O) groups excluding carboxylic acids is 2. The number of allylic oxidation sites excluding steroid dienone is 1. The van der Waals surface area contributed by atoms with Crippen LogP contribution in [-0.4, -0.2) is 61.1 Å². The molecule has 0 aromatic carbocycles. The second-order valence-corrected chi connectivity index (χ2v) is 18.3. The molecule has 4 aliphatic rings. The van der Waals surface area contributed by atoms with Crippen molar-refractivity contribution in [3.8, 4) is 0 Å². The summed E-state index contributed by atoms with van der Waals surface area (Å²) in [4.78, 5) is 28.1. The average molecular weight is 699 g/mol. The van der Waals surface area contributed by atoms with Crippen LogP contribution in [0.15, 0.2) is 11.6 Å². The highest BCUT2D eigenvalue weighted by Crippen LogP contribution is 2.66. The predicted molar refractivity (Wildman–Crippen MR) is 207 cm³/mol. The van der Waals surface area contributed by atoms with Crippen LogP contribution >= 0.6 is 0 Å². The molecule has 0 spiro atoms. The minimum atomic E-state index is -0.139. The quantitative estimate of drug-likeness (QED) is 0.0630. The molecule has 0 aromatic rings. The summed E-state index contributed by atoms with van der Waals surface area (Å²) in [5.74, 6) is 4.23. The lowest BCUT2D eigenvalue weighted by Gasteiger charge is -2.58. The lowest BCUT2D eigenvalue weighted by molar-refractivity contribution is -0.151. The predicted octanol–water partition coefficient (Wildman–Crippen LogP) is 8.54. The van der Waals surface area contributed by atoms with Gasteiger partial charge < -0.3 is 26.4 Å². The summed E-state index contributed by atoms with van der Waals surface area (Å²) < 4.78 is 6.09. The highest BCUT2D eigenvalue weighted by Gasteiger charge is 2.58. The highest BCUT2D eigenvalue weighted by atomic mass is 16.5. The number of nitrogens with zero attached hydrogens (tertiary/aromatic N) is 1. The van der Waals surface area contributed by atoms with E-state index in [0.717, 1.165) is 94.2 Å². The Bertz CT molecular complexity index is 1090. The minimum absolute atomic E-state index is 0.0196. The lowest BCUT2D eigenvalue weighted by atomic mass is 9.47. The van der Waals surface area contributed by atoms with Gasteiger partial charge in [0.15, 0.2) is 0 Å². The fourth-order valence-corrected chi connectivity index (χ4v) is 10.8. The molecule has 0 heterocycles. The third-order valence-corrected chi connectivity index (χ3v) is 13.9. The number of hydrogen-bond acceptors (Lipinski definition) is 6. The minimum Gasteiger partial charge on any atom is -0.462 e. The Morgan fingerprint density at radius 3 is 2.38 bits per heavy atom. The normalized spacial score (nSPS) is 31.7. The molecule has 7 heteroatoms. The van der Waals surface area contributed by atoms with Crippen LogP contribution in [0.3, 0.4) is 0 Å². The number of ether oxygens (including phenoxy) is 1. The Morgan fingerprint density at radius 1 is 0.860 bits per heavy atom. The molecule has 4 aliphatic carbocycles. The monoisotopic (exact) mass is 699 g/mol. The molecule has 9 unspecified atom stereocenters. The van der Waals surface area contributed by atoms with Gasteiger partial charge in [0, 0.05) is 44.4 Å². The highest BCUT2D eigenvalue weighted by molar-refractivity contribution is 5.77. The maximum absolute atomic E-state index is 13.2. The molecular weight excluding hydrogens is 620 g/mol. The number of carbonyl (C=O) groups is 2. The number of esters is 1. The largest absolute Gasteiger partial charge is 0.462 e. The van der Waals surface area contributed by atoms with E-state index in [2.05, 4.69) is 39.1 Å². The molecule has 3 fully saturated rings. The van der Waals surface area contributed by atoms with Crippen molar-refractivity contribution in [3.63, 3.8) is 0 Å². The standard InChI is InChI=1S/C43H78N4O3/c1-31(2)12-7-8-13-34-17-19-38-37-18-16-35-30-36(20-24-43(35,6)39(37)21-25-42(34,38)5)50-41(49)15-11-14-40(48)47(29-23-33(4)45)28-10-9-26-46-27-22-32(3)44/h16,31-34,36-39,46H,7-15,17-30,44-45H2,1-6H3. The molecule has 50 heavy (non-hydrogen) atoms. The van der Waals surface area contributed by atoms with Crippen LogP contribution in [0.25, 0.3) is 0 Å². The second-order valence-electron chi connectivity index (χ2n) is 18.3. The van der Waals surface area contributed by atoms with E-state index in [9.17, 15) is 9.59 Å². The van der Waals surface area contributed by atoms with Crippen LogP contribution in [0.2, 0.25) is 0 Å². The van der Waals surface area contributed by atoms with Crippen LogP contribution in [0.4, 0.5) is 0 Å². The van der Waals surface area contributed by atoms with E-state index in [1.807, 2.05) is 18.7 Å². The first-order valence-electron chi connectivity index (χ1n) is 21.2. The molecule has 0 radical (unpaired) electrons. The molecule has 3 saturated carbocycles. The molecule has 4 rings (SSSR count).